The summed E-state index contributed by atoms with van der Waals surface area (Å²) in [5.41, 5.74) is 2.41. The number of para-hydroxylation sites is 1. The van der Waals surface area contributed by atoms with Crippen molar-refractivity contribution in [3.05, 3.63) is 90.5 Å². The number of hydrogen-bond acceptors (Lipinski definition) is 3. The normalized spacial score (nSPS) is 10.3. The molecule has 0 unspecified atom stereocenters. The van der Waals surface area contributed by atoms with Crippen LogP contribution < -0.4 is 4.90 Å². The lowest BCUT2D eigenvalue weighted by Gasteiger charge is -2.22. The van der Waals surface area contributed by atoms with Gasteiger partial charge in [-0.3, -0.25) is 9.78 Å². The van der Waals surface area contributed by atoms with Crippen molar-refractivity contribution in [3.8, 4) is 0 Å². The van der Waals surface area contributed by atoms with Gasteiger partial charge in [0.15, 0.2) is 0 Å². The van der Waals surface area contributed by atoms with E-state index in [0.717, 1.165) is 12.1 Å². The van der Waals surface area contributed by atoms with Crippen LogP contribution in [0.3, 0.4) is 0 Å². The second-order valence-corrected chi connectivity index (χ2v) is 5.12. The van der Waals surface area contributed by atoms with Gasteiger partial charge in [0.1, 0.15) is 5.69 Å². The third kappa shape index (κ3) is 3.80. The first kappa shape index (κ1) is 14.9. The summed E-state index contributed by atoms with van der Waals surface area (Å²) in [5, 5.41) is 0. The molecule has 0 aliphatic carbocycles. The van der Waals surface area contributed by atoms with E-state index in [-0.39, 0.29) is 5.91 Å². The van der Waals surface area contributed by atoms with E-state index in [9.17, 15) is 4.79 Å². The molecule has 0 saturated carbocycles. The molecule has 0 fully saturated rings. The van der Waals surface area contributed by atoms with Crippen LogP contribution in [0.5, 0.6) is 0 Å². The zero-order chi connectivity index (χ0) is 15.9. The molecular formula is C19H17N3O. The summed E-state index contributed by atoms with van der Waals surface area (Å²) < 4.78 is 0. The molecule has 0 aliphatic heterocycles. The molecule has 4 nitrogen and oxygen atoms in total. The Bertz CT molecular complexity index is 745. The Morgan fingerprint density at radius 3 is 2.26 bits per heavy atom. The first-order chi connectivity index (χ1) is 11.3. The molecule has 4 heteroatoms. The summed E-state index contributed by atoms with van der Waals surface area (Å²) in [5.74, 6) is -0.139. The number of carbonyl (C=O) groups excluding carboxylic acids is 1. The zero-order valence-corrected chi connectivity index (χ0v) is 12.7. The number of benzene rings is 2. The highest BCUT2D eigenvalue weighted by molar-refractivity contribution is 6.04. The molecule has 3 rings (SSSR count). The monoisotopic (exact) mass is 303 g/mol. The van der Waals surface area contributed by atoms with Gasteiger partial charge in [-0.25, -0.2) is 4.98 Å². The molecule has 1 amide bonds. The molecule has 0 saturated heterocycles. The fourth-order valence-electron chi connectivity index (χ4n) is 2.39. The lowest BCUT2D eigenvalue weighted by Crippen LogP contribution is -2.33. The lowest BCUT2D eigenvalue weighted by molar-refractivity contribution is 0.0982. The lowest BCUT2D eigenvalue weighted by atomic mass is 10.1. The molecule has 2 aromatic carbocycles. The van der Waals surface area contributed by atoms with Crippen molar-refractivity contribution >= 4 is 11.6 Å². The molecule has 0 N–H and O–H groups in total. The fraction of sp³-hybridized carbons (Fsp3) is 0.105. The van der Waals surface area contributed by atoms with Crippen LogP contribution in [0.2, 0.25) is 0 Å². The summed E-state index contributed by atoms with van der Waals surface area (Å²) in [6.45, 7) is 0.587. The Morgan fingerprint density at radius 2 is 1.61 bits per heavy atom. The van der Waals surface area contributed by atoms with Gasteiger partial charge in [-0.1, -0.05) is 48.5 Å². The van der Waals surface area contributed by atoms with E-state index in [2.05, 4.69) is 22.1 Å². The molecule has 0 spiro atoms. The fourth-order valence-corrected chi connectivity index (χ4v) is 2.39. The highest BCUT2D eigenvalue weighted by Crippen LogP contribution is 2.16. The minimum absolute atomic E-state index is 0.139. The maximum atomic E-state index is 12.8. The van der Waals surface area contributed by atoms with Crippen molar-refractivity contribution in [1.29, 1.82) is 0 Å². The van der Waals surface area contributed by atoms with Gasteiger partial charge >= 0.3 is 0 Å². The first-order valence-electron chi connectivity index (χ1n) is 7.51. The molecule has 0 radical (unpaired) electrons. The summed E-state index contributed by atoms with van der Waals surface area (Å²) >= 11 is 0. The number of nitrogens with zero attached hydrogens (tertiary/aromatic N) is 3. The van der Waals surface area contributed by atoms with Crippen LogP contribution in [0.15, 0.2) is 79.3 Å². The Kier molecular flexibility index (Phi) is 4.74. The molecule has 1 heterocycles. The molecule has 0 aliphatic rings. The van der Waals surface area contributed by atoms with E-state index in [1.165, 1.54) is 18.0 Å². The molecular weight excluding hydrogens is 286 g/mol. The SMILES string of the molecule is O=C(c1cnccn1)N(CCc1ccccc1)c1ccccc1. The van der Waals surface area contributed by atoms with Crippen molar-refractivity contribution in [3.63, 3.8) is 0 Å². The third-order valence-electron chi connectivity index (χ3n) is 3.56. The summed E-state index contributed by atoms with van der Waals surface area (Å²) in [4.78, 5) is 22.7. The Labute approximate surface area is 135 Å². The summed E-state index contributed by atoms with van der Waals surface area (Å²) in [7, 11) is 0. The van der Waals surface area contributed by atoms with Gasteiger partial charge in [0.05, 0.1) is 6.20 Å². The second-order valence-electron chi connectivity index (χ2n) is 5.12. The van der Waals surface area contributed by atoms with Crippen LogP contribution in [0.1, 0.15) is 16.1 Å². The number of anilines is 1. The van der Waals surface area contributed by atoms with E-state index in [1.807, 2.05) is 48.5 Å². The van der Waals surface area contributed by atoms with Crippen molar-refractivity contribution in [2.24, 2.45) is 0 Å². The van der Waals surface area contributed by atoms with Crippen LogP contribution in [0, 0.1) is 0 Å². The second kappa shape index (κ2) is 7.31. The topological polar surface area (TPSA) is 46.1 Å². The minimum Gasteiger partial charge on any atom is -0.307 e. The maximum Gasteiger partial charge on any atom is 0.278 e. The molecule has 0 atom stereocenters. The predicted octanol–water partition coefficient (Wildman–Crippen LogP) is 3.37. The molecule has 3 aromatic rings. The van der Waals surface area contributed by atoms with Crippen LogP contribution >= 0.6 is 0 Å². The van der Waals surface area contributed by atoms with Crippen molar-refractivity contribution < 1.29 is 4.79 Å². The van der Waals surface area contributed by atoms with Crippen LogP contribution in [-0.2, 0) is 6.42 Å². The minimum atomic E-state index is -0.139. The zero-order valence-electron chi connectivity index (χ0n) is 12.7. The summed E-state index contributed by atoms with van der Waals surface area (Å²) in [6.07, 6.45) is 5.38. The Morgan fingerprint density at radius 1 is 0.913 bits per heavy atom. The average molecular weight is 303 g/mol. The molecule has 114 valence electrons. The van der Waals surface area contributed by atoms with Crippen LogP contribution in [-0.4, -0.2) is 22.4 Å². The van der Waals surface area contributed by atoms with E-state index < -0.39 is 0 Å². The van der Waals surface area contributed by atoms with Gasteiger partial charge < -0.3 is 4.90 Å². The van der Waals surface area contributed by atoms with Gasteiger partial charge in [0, 0.05) is 24.6 Å². The smallest absolute Gasteiger partial charge is 0.278 e. The Balaban J connectivity index is 1.84. The number of hydrogen-bond donors (Lipinski definition) is 0. The number of carbonyl (C=O) groups is 1. The number of aromatic nitrogens is 2. The van der Waals surface area contributed by atoms with Crippen molar-refractivity contribution in [2.45, 2.75) is 6.42 Å². The highest BCUT2D eigenvalue weighted by Gasteiger charge is 2.18. The van der Waals surface area contributed by atoms with Crippen molar-refractivity contribution in [1.82, 2.24) is 9.97 Å². The van der Waals surface area contributed by atoms with Gasteiger partial charge in [-0.2, -0.15) is 0 Å². The van der Waals surface area contributed by atoms with E-state index in [1.54, 1.807) is 11.1 Å². The number of rotatable bonds is 5. The molecule has 0 bridgehead atoms. The quantitative estimate of drug-likeness (QED) is 0.726. The molecule has 1 aromatic heterocycles. The largest absolute Gasteiger partial charge is 0.307 e. The van der Waals surface area contributed by atoms with Crippen molar-refractivity contribution in [2.75, 3.05) is 11.4 Å². The van der Waals surface area contributed by atoms with Crippen LogP contribution in [0.4, 0.5) is 5.69 Å². The standard InChI is InChI=1S/C19H17N3O/c23-19(18-15-20-12-13-21-18)22(17-9-5-2-6-10-17)14-11-16-7-3-1-4-8-16/h1-10,12-13,15H,11,14H2. The van der Waals surface area contributed by atoms with E-state index in [4.69, 9.17) is 0 Å². The van der Waals surface area contributed by atoms with E-state index >= 15 is 0 Å². The first-order valence-corrected chi connectivity index (χ1v) is 7.51. The maximum absolute atomic E-state index is 12.8. The molecule has 23 heavy (non-hydrogen) atoms. The van der Waals surface area contributed by atoms with Gasteiger partial charge in [-0.15, -0.1) is 0 Å². The predicted molar refractivity (Wildman–Crippen MR) is 90.3 cm³/mol. The third-order valence-corrected chi connectivity index (χ3v) is 3.56. The Hall–Kier alpha value is -3.01. The highest BCUT2D eigenvalue weighted by atomic mass is 16.2. The average Bonchev–Trinajstić information content (AvgIpc) is 2.64. The summed E-state index contributed by atoms with van der Waals surface area (Å²) in [6, 6.07) is 19.8. The van der Waals surface area contributed by atoms with E-state index in [0.29, 0.717) is 12.2 Å². The van der Waals surface area contributed by atoms with Gasteiger partial charge in [0.2, 0.25) is 0 Å². The van der Waals surface area contributed by atoms with Gasteiger partial charge in [0.25, 0.3) is 5.91 Å². The number of amides is 1. The van der Waals surface area contributed by atoms with Crippen LogP contribution in [0.25, 0.3) is 0 Å². The van der Waals surface area contributed by atoms with Gasteiger partial charge in [-0.05, 0) is 24.1 Å².